The summed E-state index contributed by atoms with van der Waals surface area (Å²) in [5.74, 6) is -1.02. The first-order chi connectivity index (χ1) is 14.4. The van der Waals surface area contributed by atoms with E-state index < -0.39 is 5.91 Å². The van der Waals surface area contributed by atoms with Crippen LogP contribution in [0.1, 0.15) is 32.7 Å². The first-order valence-electron chi connectivity index (χ1n) is 9.09. The number of nitrogens with one attached hydrogen (secondary N) is 2. The third-order valence-corrected chi connectivity index (χ3v) is 4.30. The van der Waals surface area contributed by atoms with Gasteiger partial charge in [-0.2, -0.15) is 5.26 Å². The summed E-state index contributed by atoms with van der Waals surface area (Å²) in [5, 5.41) is 14.1. The molecule has 0 saturated heterocycles. The van der Waals surface area contributed by atoms with E-state index in [2.05, 4.69) is 20.6 Å². The third kappa shape index (κ3) is 5.45. The summed E-state index contributed by atoms with van der Waals surface area (Å²) in [6.07, 6.45) is 1.15. The second-order valence-corrected chi connectivity index (χ2v) is 6.59. The Morgan fingerprint density at radius 1 is 1.07 bits per heavy atom. The van der Waals surface area contributed by atoms with Crippen LogP contribution in [0.4, 0.5) is 10.2 Å². The number of carbonyl (C=O) groups excluding carboxylic acids is 2. The maximum atomic E-state index is 13.6. The molecule has 0 aliphatic heterocycles. The molecule has 0 unspecified atom stereocenters. The monoisotopic (exact) mass is 403 g/mol. The first kappa shape index (κ1) is 20.6. The van der Waals surface area contributed by atoms with E-state index in [1.807, 2.05) is 6.07 Å². The number of benzene rings is 2. The minimum atomic E-state index is -0.433. The van der Waals surface area contributed by atoms with Crippen molar-refractivity contribution < 1.29 is 14.0 Å². The van der Waals surface area contributed by atoms with Crippen LogP contribution in [0, 0.1) is 24.1 Å². The van der Waals surface area contributed by atoms with Gasteiger partial charge in [0.05, 0.1) is 18.1 Å². The van der Waals surface area contributed by atoms with Gasteiger partial charge < -0.3 is 10.6 Å². The summed E-state index contributed by atoms with van der Waals surface area (Å²) in [6, 6.07) is 14.8. The highest BCUT2D eigenvalue weighted by Crippen LogP contribution is 2.11. The van der Waals surface area contributed by atoms with Crippen molar-refractivity contribution in [1.82, 2.24) is 15.3 Å². The molecule has 0 bridgehead atoms. The Bertz CT molecular complexity index is 1120. The normalized spacial score (nSPS) is 10.2. The molecule has 0 atom stereocenters. The van der Waals surface area contributed by atoms with Crippen LogP contribution in [0.2, 0.25) is 0 Å². The van der Waals surface area contributed by atoms with Crippen molar-refractivity contribution >= 4 is 17.6 Å². The average Bonchev–Trinajstić information content (AvgIpc) is 2.75. The predicted molar refractivity (Wildman–Crippen MR) is 108 cm³/mol. The number of aryl methyl sites for hydroxylation is 1. The predicted octanol–water partition coefficient (Wildman–Crippen LogP) is 2.91. The molecule has 3 aromatic rings. The highest BCUT2D eigenvalue weighted by Gasteiger charge is 2.11. The quantitative estimate of drug-likeness (QED) is 0.658. The minimum Gasteiger partial charge on any atom is -0.347 e. The molecule has 150 valence electrons. The Morgan fingerprint density at radius 3 is 2.50 bits per heavy atom. The Balaban J connectivity index is 1.58. The molecule has 30 heavy (non-hydrogen) atoms. The van der Waals surface area contributed by atoms with Crippen LogP contribution in [-0.2, 0) is 17.8 Å². The zero-order valence-corrected chi connectivity index (χ0v) is 16.1. The Kier molecular flexibility index (Phi) is 6.45. The summed E-state index contributed by atoms with van der Waals surface area (Å²) in [7, 11) is 0. The fourth-order valence-electron chi connectivity index (χ4n) is 2.64. The second-order valence-electron chi connectivity index (χ2n) is 6.59. The van der Waals surface area contributed by atoms with Crippen LogP contribution in [0.25, 0.3) is 0 Å². The van der Waals surface area contributed by atoms with Gasteiger partial charge in [0.1, 0.15) is 23.7 Å². The van der Waals surface area contributed by atoms with Crippen molar-refractivity contribution in [2.75, 3.05) is 5.32 Å². The molecule has 0 aliphatic rings. The van der Waals surface area contributed by atoms with Crippen molar-refractivity contribution in [3.05, 3.63) is 88.6 Å². The zero-order valence-electron chi connectivity index (χ0n) is 16.1. The number of aromatic nitrogens is 2. The molecule has 0 radical (unpaired) electrons. The summed E-state index contributed by atoms with van der Waals surface area (Å²) < 4.78 is 13.6. The van der Waals surface area contributed by atoms with Gasteiger partial charge in [-0.3, -0.25) is 9.59 Å². The fourth-order valence-corrected chi connectivity index (χ4v) is 2.64. The number of carbonyl (C=O) groups is 2. The van der Waals surface area contributed by atoms with Crippen LogP contribution >= 0.6 is 0 Å². The number of halogens is 1. The Morgan fingerprint density at radius 2 is 1.80 bits per heavy atom. The number of amides is 2. The van der Waals surface area contributed by atoms with Crippen LogP contribution in [-0.4, -0.2) is 21.8 Å². The smallest absolute Gasteiger partial charge is 0.270 e. The highest BCUT2D eigenvalue weighted by molar-refractivity contribution is 5.95. The van der Waals surface area contributed by atoms with E-state index in [0.717, 1.165) is 5.56 Å². The lowest BCUT2D eigenvalue weighted by Gasteiger charge is -2.08. The van der Waals surface area contributed by atoms with E-state index in [-0.39, 0.29) is 36.2 Å². The van der Waals surface area contributed by atoms with E-state index in [1.54, 1.807) is 43.3 Å². The van der Waals surface area contributed by atoms with Crippen molar-refractivity contribution in [2.24, 2.45) is 0 Å². The molecule has 0 fully saturated rings. The molecule has 2 aromatic carbocycles. The van der Waals surface area contributed by atoms with Crippen molar-refractivity contribution in [3.8, 4) is 6.07 Å². The molecule has 1 heterocycles. The van der Waals surface area contributed by atoms with Crippen LogP contribution in [0.15, 0.2) is 54.9 Å². The van der Waals surface area contributed by atoms with Crippen molar-refractivity contribution in [3.63, 3.8) is 0 Å². The van der Waals surface area contributed by atoms with E-state index in [0.29, 0.717) is 16.7 Å². The highest BCUT2D eigenvalue weighted by atomic mass is 19.1. The summed E-state index contributed by atoms with van der Waals surface area (Å²) in [6.45, 7) is 1.91. The Hall–Kier alpha value is -4.12. The summed E-state index contributed by atoms with van der Waals surface area (Å²) >= 11 is 0. The topological polar surface area (TPSA) is 108 Å². The maximum Gasteiger partial charge on any atom is 0.270 e. The molecule has 0 spiro atoms. The van der Waals surface area contributed by atoms with Gasteiger partial charge >= 0.3 is 0 Å². The SMILES string of the molecule is Cc1ccc(CC(=O)Nc2cc(C(=O)NCc3ccc(C#N)cc3)ncn2)cc1F. The Labute approximate surface area is 172 Å². The summed E-state index contributed by atoms with van der Waals surface area (Å²) in [4.78, 5) is 32.4. The lowest BCUT2D eigenvalue weighted by molar-refractivity contribution is -0.115. The van der Waals surface area contributed by atoms with Gasteiger partial charge in [0.2, 0.25) is 5.91 Å². The van der Waals surface area contributed by atoms with E-state index in [9.17, 15) is 14.0 Å². The van der Waals surface area contributed by atoms with Gasteiger partial charge in [-0.05, 0) is 41.8 Å². The third-order valence-electron chi connectivity index (χ3n) is 4.30. The fraction of sp³-hybridized carbons (Fsp3) is 0.136. The second kappa shape index (κ2) is 9.39. The molecule has 8 heteroatoms. The maximum absolute atomic E-state index is 13.6. The lowest BCUT2D eigenvalue weighted by atomic mass is 10.1. The molecule has 2 amide bonds. The van der Waals surface area contributed by atoms with E-state index in [4.69, 9.17) is 5.26 Å². The first-order valence-corrected chi connectivity index (χ1v) is 9.09. The van der Waals surface area contributed by atoms with Gasteiger partial charge in [0.15, 0.2) is 0 Å². The molecular weight excluding hydrogens is 385 g/mol. The number of rotatable bonds is 6. The molecular formula is C22H18FN5O2. The lowest BCUT2D eigenvalue weighted by Crippen LogP contribution is -2.24. The largest absolute Gasteiger partial charge is 0.347 e. The van der Waals surface area contributed by atoms with Crippen LogP contribution in [0.5, 0.6) is 0 Å². The number of hydrogen-bond acceptors (Lipinski definition) is 5. The molecule has 3 rings (SSSR count). The van der Waals surface area contributed by atoms with Crippen LogP contribution < -0.4 is 10.6 Å². The van der Waals surface area contributed by atoms with Gasteiger partial charge in [0.25, 0.3) is 5.91 Å². The zero-order chi connectivity index (χ0) is 21.5. The van der Waals surface area contributed by atoms with Crippen molar-refractivity contribution in [2.45, 2.75) is 19.9 Å². The minimum absolute atomic E-state index is 0.0264. The van der Waals surface area contributed by atoms with Crippen LogP contribution in [0.3, 0.4) is 0 Å². The molecule has 1 aromatic heterocycles. The van der Waals surface area contributed by atoms with E-state index >= 15 is 0 Å². The summed E-state index contributed by atoms with van der Waals surface area (Å²) in [5.41, 5.74) is 2.50. The number of anilines is 1. The van der Waals surface area contributed by atoms with Gasteiger partial charge in [-0.15, -0.1) is 0 Å². The van der Waals surface area contributed by atoms with Gasteiger partial charge in [-0.1, -0.05) is 24.3 Å². The number of nitrogens with zero attached hydrogens (tertiary/aromatic N) is 3. The van der Waals surface area contributed by atoms with Gasteiger partial charge in [0, 0.05) is 12.6 Å². The van der Waals surface area contributed by atoms with Gasteiger partial charge in [-0.25, -0.2) is 14.4 Å². The van der Waals surface area contributed by atoms with E-state index in [1.165, 1.54) is 18.5 Å². The molecule has 0 aliphatic carbocycles. The molecule has 7 nitrogen and oxygen atoms in total. The number of nitriles is 1. The molecule has 2 N–H and O–H groups in total. The molecule has 0 saturated carbocycles. The average molecular weight is 403 g/mol. The standard InChI is InChI=1S/C22H18FN5O2/c1-14-2-3-17(8-18(14)23)9-21(29)28-20-10-19(26-13-27-20)22(30)25-12-16-6-4-15(11-24)5-7-16/h2-8,10,13H,9,12H2,1H3,(H,25,30)(H,26,27,28,29). The number of hydrogen-bond donors (Lipinski definition) is 2. The van der Waals surface area contributed by atoms with Crippen molar-refractivity contribution in [1.29, 1.82) is 5.26 Å².